The summed E-state index contributed by atoms with van der Waals surface area (Å²) in [6.07, 6.45) is 2.08. The third-order valence-electron chi connectivity index (χ3n) is 7.98. The predicted molar refractivity (Wildman–Crippen MR) is 130 cm³/mol. The van der Waals surface area contributed by atoms with Gasteiger partial charge in [0, 0.05) is 23.5 Å². The summed E-state index contributed by atoms with van der Waals surface area (Å²) < 4.78 is 0. The molecule has 4 amide bonds. The first-order chi connectivity index (χ1) is 16.2. The Morgan fingerprint density at radius 3 is 2.29 bits per heavy atom. The SMILES string of the molecule is CN1C(=O)[C@]2(Cl)C[C@@H]3C(=CC[C@@H]4C(=O)N(C(C)(C)C)C(=O)[C@@H]43)[C@H](c3ccc(O)cc3Cl)[C@]2(Cl)C1=O. The molecular formula is C25H25Cl3N2O5. The molecule has 0 aromatic heterocycles. The molecule has 0 spiro atoms. The summed E-state index contributed by atoms with van der Waals surface area (Å²) in [6.45, 7) is 5.40. The van der Waals surface area contributed by atoms with E-state index in [2.05, 4.69) is 0 Å². The molecule has 1 N–H and O–H groups in total. The molecule has 2 aliphatic carbocycles. The molecule has 1 aromatic rings. The van der Waals surface area contributed by atoms with E-state index in [1.165, 1.54) is 24.1 Å². The molecule has 4 aliphatic rings. The van der Waals surface area contributed by atoms with Gasteiger partial charge in [-0.15, -0.1) is 23.2 Å². The molecule has 2 heterocycles. The van der Waals surface area contributed by atoms with Crippen LogP contribution in [-0.4, -0.2) is 60.9 Å². The molecule has 7 nitrogen and oxygen atoms in total. The number of benzene rings is 1. The van der Waals surface area contributed by atoms with Crippen molar-refractivity contribution in [2.45, 2.75) is 54.8 Å². The molecule has 1 aromatic carbocycles. The Labute approximate surface area is 218 Å². The van der Waals surface area contributed by atoms with Crippen LogP contribution in [-0.2, 0) is 19.2 Å². The Morgan fingerprint density at radius 2 is 1.69 bits per heavy atom. The lowest BCUT2D eigenvalue weighted by molar-refractivity contribution is -0.146. The number of hydrogen-bond donors (Lipinski definition) is 1. The Hall–Kier alpha value is -2.09. The molecule has 35 heavy (non-hydrogen) atoms. The van der Waals surface area contributed by atoms with Gasteiger partial charge in [-0.1, -0.05) is 29.3 Å². The van der Waals surface area contributed by atoms with Gasteiger partial charge in [0.15, 0.2) is 9.75 Å². The molecule has 0 radical (unpaired) electrons. The van der Waals surface area contributed by atoms with Gasteiger partial charge in [0.2, 0.25) is 11.8 Å². The molecule has 186 valence electrons. The summed E-state index contributed by atoms with van der Waals surface area (Å²) in [5, 5.41) is 10.1. The first kappa shape index (κ1) is 24.6. The normalized spacial score (nSPS) is 36.8. The highest BCUT2D eigenvalue weighted by molar-refractivity contribution is 6.53. The van der Waals surface area contributed by atoms with Gasteiger partial charge in [0.05, 0.1) is 11.8 Å². The van der Waals surface area contributed by atoms with E-state index in [9.17, 15) is 24.3 Å². The average molecular weight is 540 g/mol. The molecule has 3 fully saturated rings. The van der Waals surface area contributed by atoms with E-state index >= 15 is 0 Å². The number of aromatic hydroxyl groups is 1. The summed E-state index contributed by atoms with van der Waals surface area (Å²) >= 11 is 20.7. The van der Waals surface area contributed by atoms with Crippen LogP contribution in [0.1, 0.15) is 45.1 Å². The van der Waals surface area contributed by atoms with Crippen LogP contribution in [0.4, 0.5) is 0 Å². The van der Waals surface area contributed by atoms with Crippen LogP contribution in [0.3, 0.4) is 0 Å². The Bertz CT molecular complexity index is 1240. The van der Waals surface area contributed by atoms with Crippen LogP contribution >= 0.6 is 34.8 Å². The molecule has 1 saturated carbocycles. The molecule has 0 bridgehead atoms. The topological polar surface area (TPSA) is 95.0 Å². The van der Waals surface area contributed by atoms with Gasteiger partial charge < -0.3 is 5.11 Å². The van der Waals surface area contributed by atoms with Crippen molar-refractivity contribution in [2.75, 3.05) is 7.05 Å². The number of halogens is 3. The predicted octanol–water partition coefficient (Wildman–Crippen LogP) is 3.83. The Balaban J connectivity index is 1.74. The first-order valence-electron chi connectivity index (χ1n) is 11.4. The van der Waals surface area contributed by atoms with E-state index in [1.807, 2.05) is 6.08 Å². The van der Waals surface area contributed by atoms with E-state index < -0.39 is 50.8 Å². The zero-order valence-electron chi connectivity index (χ0n) is 19.6. The molecule has 10 heteroatoms. The summed E-state index contributed by atoms with van der Waals surface area (Å²) in [5.41, 5.74) is 0.368. The highest BCUT2D eigenvalue weighted by atomic mass is 35.5. The maximum atomic E-state index is 13.7. The van der Waals surface area contributed by atoms with Crippen molar-refractivity contribution in [3.63, 3.8) is 0 Å². The third kappa shape index (κ3) is 2.98. The van der Waals surface area contributed by atoms with E-state index in [-0.39, 0.29) is 29.0 Å². The van der Waals surface area contributed by atoms with Gasteiger partial charge in [0.25, 0.3) is 11.8 Å². The summed E-state index contributed by atoms with van der Waals surface area (Å²) in [5.74, 6) is -4.80. The summed E-state index contributed by atoms with van der Waals surface area (Å²) in [7, 11) is 1.33. The minimum absolute atomic E-state index is 0.0663. The number of nitrogens with zero attached hydrogens (tertiary/aromatic N) is 2. The number of carbonyl (C=O) groups excluding carboxylic acids is 4. The van der Waals surface area contributed by atoms with Crippen LogP contribution in [0.2, 0.25) is 5.02 Å². The molecule has 5 rings (SSSR count). The van der Waals surface area contributed by atoms with Crippen molar-refractivity contribution < 1.29 is 24.3 Å². The van der Waals surface area contributed by atoms with Crippen molar-refractivity contribution in [3.8, 4) is 5.75 Å². The van der Waals surface area contributed by atoms with Crippen LogP contribution in [0.15, 0.2) is 29.8 Å². The number of hydrogen-bond acceptors (Lipinski definition) is 5. The quantitative estimate of drug-likeness (QED) is 0.332. The van der Waals surface area contributed by atoms with Gasteiger partial charge in [-0.2, -0.15) is 0 Å². The molecule has 2 saturated heterocycles. The average Bonchev–Trinajstić information content (AvgIpc) is 3.10. The Kier molecular flexibility index (Phi) is 5.25. The zero-order valence-corrected chi connectivity index (χ0v) is 21.9. The Morgan fingerprint density at radius 1 is 1.03 bits per heavy atom. The van der Waals surface area contributed by atoms with E-state index in [4.69, 9.17) is 34.8 Å². The van der Waals surface area contributed by atoms with E-state index in [0.717, 1.165) is 4.90 Å². The van der Waals surface area contributed by atoms with Gasteiger partial charge in [0.1, 0.15) is 5.75 Å². The lowest BCUT2D eigenvalue weighted by Crippen LogP contribution is -2.60. The number of rotatable bonds is 1. The number of alkyl halides is 2. The number of carbonyl (C=O) groups is 4. The fourth-order valence-corrected chi connectivity index (χ4v) is 7.80. The highest BCUT2D eigenvalue weighted by Crippen LogP contribution is 2.66. The lowest BCUT2D eigenvalue weighted by Gasteiger charge is -2.51. The number of imide groups is 2. The number of phenolic OH excluding ortho intramolecular Hbond substituents is 1. The maximum absolute atomic E-state index is 13.7. The van der Waals surface area contributed by atoms with Crippen LogP contribution in [0.25, 0.3) is 0 Å². The number of amides is 4. The molecule has 6 atom stereocenters. The summed E-state index contributed by atoms with van der Waals surface area (Å²) in [4.78, 5) is 52.3. The van der Waals surface area contributed by atoms with Crippen molar-refractivity contribution in [3.05, 3.63) is 40.4 Å². The van der Waals surface area contributed by atoms with Crippen LogP contribution < -0.4 is 0 Å². The third-order valence-corrected chi connectivity index (χ3v) is 9.72. The maximum Gasteiger partial charge on any atom is 0.253 e. The number of fused-ring (bicyclic) bond motifs is 4. The number of phenols is 1. The largest absolute Gasteiger partial charge is 0.508 e. The standard InChI is InChI=1S/C25H25Cl3N2O5/c1-23(2,3)30-19(32)14-8-7-12-15(17(14)20(30)33)10-24(27)21(34)29(4)22(35)25(24,28)18(12)13-6-5-11(31)9-16(13)26/h5-7,9,14-15,17-18,31H,8,10H2,1-4H3/t14-,15+,17-,18+,24+,25-/m0/s1. The second-order valence-electron chi connectivity index (χ2n) is 10.9. The van der Waals surface area contributed by atoms with Crippen LogP contribution in [0.5, 0.6) is 5.75 Å². The van der Waals surface area contributed by atoms with Crippen LogP contribution in [0, 0.1) is 17.8 Å². The zero-order chi connectivity index (χ0) is 25.8. The molecule has 0 unspecified atom stereocenters. The van der Waals surface area contributed by atoms with Gasteiger partial charge in [-0.05, 0) is 57.2 Å². The second kappa shape index (κ2) is 7.46. The molecular weight excluding hydrogens is 515 g/mol. The van der Waals surface area contributed by atoms with Gasteiger partial charge in [-0.25, -0.2) is 0 Å². The number of likely N-dealkylation sites (tertiary alicyclic amines) is 2. The highest BCUT2D eigenvalue weighted by Gasteiger charge is 2.76. The minimum Gasteiger partial charge on any atom is -0.508 e. The fraction of sp³-hybridized carbons (Fsp3) is 0.520. The van der Waals surface area contributed by atoms with E-state index in [0.29, 0.717) is 17.6 Å². The van der Waals surface area contributed by atoms with Gasteiger partial charge >= 0.3 is 0 Å². The second-order valence-corrected chi connectivity index (χ2v) is 12.5. The monoisotopic (exact) mass is 538 g/mol. The summed E-state index contributed by atoms with van der Waals surface area (Å²) in [6, 6.07) is 4.31. The first-order valence-corrected chi connectivity index (χ1v) is 12.6. The number of allylic oxidation sites excluding steroid dienone is 2. The minimum atomic E-state index is -1.90. The van der Waals surface area contributed by atoms with Gasteiger partial charge in [-0.3, -0.25) is 29.0 Å². The lowest BCUT2D eigenvalue weighted by atomic mass is 9.56. The fourth-order valence-electron chi connectivity index (χ4n) is 6.50. The molecule has 2 aliphatic heterocycles. The van der Waals surface area contributed by atoms with E-state index in [1.54, 1.807) is 26.8 Å². The van der Waals surface area contributed by atoms with Crippen molar-refractivity contribution in [1.29, 1.82) is 0 Å². The van der Waals surface area contributed by atoms with Crippen molar-refractivity contribution >= 4 is 58.4 Å². The smallest absolute Gasteiger partial charge is 0.253 e. The van der Waals surface area contributed by atoms with Crippen molar-refractivity contribution in [1.82, 2.24) is 9.80 Å². The van der Waals surface area contributed by atoms with Crippen molar-refractivity contribution in [2.24, 2.45) is 17.8 Å².